The lowest BCUT2D eigenvalue weighted by Gasteiger charge is -1.96. The molecular formula is C12H10N2O. The fraction of sp³-hybridized carbons (Fsp3) is 0.0833. The van der Waals surface area contributed by atoms with E-state index < -0.39 is 0 Å². The first kappa shape index (κ1) is 9.66. The molecule has 2 rings (SSSR count). The van der Waals surface area contributed by atoms with E-state index >= 15 is 0 Å². The molecule has 0 spiro atoms. The molecule has 0 bridgehead atoms. The number of nitrogens with zero attached hydrogens (tertiary/aromatic N) is 1. The Balaban J connectivity index is 2.36. The van der Waals surface area contributed by atoms with Gasteiger partial charge in [0, 0.05) is 17.1 Å². The van der Waals surface area contributed by atoms with E-state index in [1.165, 1.54) is 0 Å². The minimum Gasteiger partial charge on any atom is -0.292 e. The molecule has 0 fully saturated rings. The van der Waals surface area contributed by atoms with Gasteiger partial charge in [0.05, 0.1) is 5.52 Å². The lowest BCUT2D eigenvalue weighted by molar-refractivity contribution is 0.173. The molecule has 0 unspecified atom stereocenters. The van der Waals surface area contributed by atoms with Crippen molar-refractivity contribution in [2.45, 2.75) is 0 Å². The van der Waals surface area contributed by atoms with Gasteiger partial charge in [0.1, 0.15) is 6.61 Å². The van der Waals surface area contributed by atoms with Gasteiger partial charge < -0.3 is 0 Å². The van der Waals surface area contributed by atoms with Crippen LogP contribution in [0.25, 0.3) is 10.9 Å². The molecule has 0 atom stereocenters. The van der Waals surface area contributed by atoms with Gasteiger partial charge in [0.25, 0.3) is 0 Å². The highest BCUT2D eigenvalue weighted by Gasteiger charge is 1.93. The third kappa shape index (κ3) is 2.32. The summed E-state index contributed by atoms with van der Waals surface area (Å²) in [5, 5.41) is 1.08. The summed E-state index contributed by atoms with van der Waals surface area (Å²) in [4.78, 5) is 8.64. The fourth-order valence-electron chi connectivity index (χ4n) is 1.32. The number of pyridine rings is 1. The first-order valence-electron chi connectivity index (χ1n) is 4.55. The van der Waals surface area contributed by atoms with Gasteiger partial charge in [-0.15, -0.1) is 0 Å². The third-order valence-corrected chi connectivity index (χ3v) is 1.98. The van der Waals surface area contributed by atoms with Crippen molar-refractivity contribution >= 4 is 10.9 Å². The zero-order chi connectivity index (χ0) is 10.5. The molecule has 74 valence electrons. The SMILES string of the molecule is NOCC#Cc1cnc2ccccc2c1. The first-order chi connectivity index (χ1) is 7.40. The predicted molar refractivity (Wildman–Crippen MR) is 58.8 cm³/mol. The second kappa shape index (κ2) is 4.56. The van der Waals surface area contributed by atoms with Crippen LogP contribution in [0.5, 0.6) is 0 Å². The van der Waals surface area contributed by atoms with Crippen molar-refractivity contribution in [2.24, 2.45) is 5.90 Å². The molecule has 2 N–H and O–H groups in total. The van der Waals surface area contributed by atoms with Crippen molar-refractivity contribution < 1.29 is 4.84 Å². The van der Waals surface area contributed by atoms with Crippen molar-refractivity contribution in [1.29, 1.82) is 0 Å². The second-order valence-corrected chi connectivity index (χ2v) is 3.03. The van der Waals surface area contributed by atoms with Crippen LogP contribution in [-0.2, 0) is 4.84 Å². The zero-order valence-corrected chi connectivity index (χ0v) is 8.10. The monoisotopic (exact) mass is 198 g/mol. The second-order valence-electron chi connectivity index (χ2n) is 3.03. The Morgan fingerprint density at radius 3 is 3.07 bits per heavy atom. The predicted octanol–water partition coefficient (Wildman–Crippen LogP) is 1.48. The number of aromatic nitrogens is 1. The summed E-state index contributed by atoms with van der Waals surface area (Å²) in [6.45, 7) is 0.229. The van der Waals surface area contributed by atoms with Gasteiger partial charge in [0.15, 0.2) is 0 Å². The lowest BCUT2D eigenvalue weighted by atomic mass is 10.2. The quantitative estimate of drug-likeness (QED) is 0.557. The number of rotatable bonds is 1. The van der Waals surface area contributed by atoms with Gasteiger partial charge in [-0.05, 0) is 12.1 Å². The van der Waals surface area contributed by atoms with E-state index in [1.807, 2.05) is 30.3 Å². The summed E-state index contributed by atoms with van der Waals surface area (Å²) in [5.74, 6) is 10.6. The van der Waals surface area contributed by atoms with E-state index in [0.717, 1.165) is 16.5 Å². The molecule has 15 heavy (non-hydrogen) atoms. The van der Waals surface area contributed by atoms with E-state index in [0.29, 0.717) is 0 Å². The fourth-order valence-corrected chi connectivity index (χ4v) is 1.32. The number of para-hydroxylation sites is 1. The van der Waals surface area contributed by atoms with Crippen LogP contribution in [0.2, 0.25) is 0 Å². The zero-order valence-electron chi connectivity index (χ0n) is 8.10. The number of hydrogen-bond donors (Lipinski definition) is 1. The molecular weight excluding hydrogens is 188 g/mol. The molecule has 0 aliphatic rings. The largest absolute Gasteiger partial charge is 0.292 e. The molecule has 1 heterocycles. The van der Waals surface area contributed by atoms with Crippen LogP contribution >= 0.6 is 0 Å². The Morgan fingerprint density at radius 2 is 2.20 bits per heavy atom. The van der Waals surface area contributed by atoms with Crippen LogP contribution in [0.4, 0.5) is 0 Å². The van der Waals surface area contributed by atoms with Gasteiger partial charge in [-0.1, -0.05) is 30.0 Å². The maximum absolute atomic E-state index is 4.87. The van der Waals surface area contributed by atoms with Crippen molar-refractivity contribution in [3.8, 4) is 11.8 Å². The topological polar surface area (TPSA) is 48.1 Å². The molecule has 3 heteroatoms. The molecule has 0 aliphatic heterocycles. The van der Waals surface area contributed by atoms with Crippen molar-refractivity contribution in [2.75, 3.05) is 6.61 Å². The van der Waals surface area contributed by atoms with E-state index in [4.69, 9.17) is 5.90 Å². The summed E-state index contributed by atoms with van der Waals surface area (Å²) in [5.41, 5.74) is 1.84. The highest BCUT2D eigenvalue weighted by Crippen LogP contribution is 2.11. The van der Waals surface area contributed by atoms with E-state index in [9.17, 15) is 0 Å². The maximum Gasteiger partial charge on any atom is 0.129 e. The Labute approximate surface area is 87.8 Å². The summed E-state index contributed by atoms with van der Waals surface area (Å²) in [6, 6.07) is 9.90. The Hall–Kier alpha value is -1.89. The van der Waals surface area contributed by atoms with Crippen LogP contribution in [0.3, 0.4) is 0 Å². The van der Waals surface area contributed by atoms with Crippen LogP contribution in [0, 0.1) is 11.8 Å². The molecule has 3 nitrogen and oxygen atoms in total. The van der Waals surface area contributed by atoms with Crippen LogP contribution < -0.4 is 5.90 Å². The van der Waals surface area contributed by atoms with E-state index in [1.54, 1.807) is 6.20 Å². The summed E-state index contributed by atoms with van der Waals surface area (Å²) >= 11 is 0. The van der Waals surface area contributed by atoms with Gasteiger partial charge >= 0.3 is 0 Å². The molecule has 0 radical (unpaired) electrons. The number of fused-ring (bicyclic) bond motifs is 1. The molecule has 0 saturated carbocycles. The maximum atomic E-state index is 4.87. The van der Waals surface area contributed by atoms with Crippen molar-refractivity contribution in [3.63, 3.8) is 0 Å². The van der Waals surface area contributed by atoms with Crippen molar-refractivity contribution in [1.82, 2.24) is 4.98 Å². The molecule has 0 amide bonds. The molecule has 2 aromatic rings. The normalized spacial score (nSPS) is 9.67. The number of nitrogens with two attached hydrogens (primary N) is 1. The Bertz CT molecular complexity index is 526. The highest BCUT2D eigenvalue weighted by atomic mass is 16.6. The minimum absolute atomic E-state index is 0.229. The van der Waals surface area contributed by atoms with Gasteiger partial charge in [-0.25, -0.2) is 5.90 Å². The Morgan fingerprint density at radius 1 is 1.33 bits per heavy atom. The summed E-state index contributed by atoms with van der Waals surface area (Å²) < 4.78 is 0. The number of benzene rings is 1. The molecule has 1 aromatic carbocycles. The van der Waals surface area contributed by atoms with Crippen molar-refractivity contribution in [3.05, 3.63) is 42.1 Å². The average Bonchev–Trinajstić information content (AvgIpc) is 2.29. The lowest BCUT2D eigenvalue weighted by Crippen LogP contribution is -1.97. The van der Waals surface area contributed by atoms with Crippen LogP contribution in [0.1, 0.15) is 5.56 Å². The molecule has 0 saturated heterocycles. The van der Waals surface area contributed by atoms with Gasteiger partial charge in [-0.3, -0.25) is 9.82 Å². The van der Waals surface area contributed by atoms with Crippen LogP contribution in [-0.4, -0.2) is 11.6 Å². The first-order valence-corrected chi connectivity index (χ1v) is 4.55. The van der Waals surface area contributed by atoms with Gasteiger partial charge in [0.2, 0.25) is 0 Å². The van der Waals surface area contributed by atoms with E-state index in [2.05, 4.69) is 21.7 Å². The minimum atomic E-state index is 0.229. The van der Waals surface area contributed by atoms with Crippen LogP contribution in [0.15, 0.2) is 36.5 Å². The van der Waals surface area contributed by atoms with E-state index in [-0.39, 0.29) is 6.61 Å². The Kier molecular flexibility index (Phi) is 2.93. The standard InChI is InChI=1S/C12H10N2O/c13-15-7-3-4-10-8-11-5-1-2-6-12(11)14-9-10/h1-2,5-6,8-9H,7,13H2. The third-order valence-electron chi connectivity index (χ3n) is 1.98. The summed E-state index contributed by atoms with van der Waals surface area (Å²) in [7, 11) is 0. The molecule has 0 aliphatic carbocycles. The number of hydrogen-bond acceptors (Lipinski definition) is 3. The smallest absolute Gasteiger partial charge is 0.129 e. The highest BCUT2D eigenvalue weighted by molar-refractivity contribution is 5.79. The average molecular weight is 198 g/mol. The van der Waals surface area contributed by atoms with Gasteiger partial charge in [-0.2, -0.15) is 0 Å². The summed E-state index contributed by atoms with van der Waals surface area (Å²) in [6.07, 6.45) is 1.74. The molecule has 1 aromatic heterocycles.